The molecule has 1 saturated heterocycles. The molecule has 4 nitrogen and oxygen atoms in total. The van der Waals surface area contributed by atoms with Gasteiger partial charge in [0, 0.05) is 25.2 Å². The standard InChI is InChI=1S/C16H26N2O2/c1-3-13-12-18(9-10-20-13)15(11-17)14-7-5-6-8-16(14)19-4-2/h5-8,13,15H,3-4,9-12,17H2,1-2H3. The van der Waals surface area contributed by atoms with Gasteiger partial charge in [0.05, 0.1) is 25.4 Å². The highest BCUT2D eigenvalue weighted by Crippen LogP contribution is 2.30. The van der Waals surface area contributed by atoms with Crippen molar-refractivity contribution in [3.8, 4) is 5.75 Å². The van der Waals surface area contributed by atoms with Gasteiger partial charge in [0.2, 0.25) is 0 Å². The molecule has 1 aromatic carbocycles. The maximum atomic E-state index is 6.05. The quantitative estimate of drug-likeness (QED) is 0.866. The Morgan fingerprint density at radius 2 is 2.20 bits per heavy atom. The molecule has 112 valence electrons. The Hall–Kier alpha value is -1.10. The summed E-state index contributed by atoms with van der Waals surface area (Å²) in [5.74, 6) is 0.949. The average Bonchev–Trinajstić information content (AvgIpc) is 2.50. The first-order chi connectivity index (χ1) is 9.80. The summed E-state index contributed by atoms with van der Waals surface area (Å²) in [6.45, 7) is 8.11. The molecule has 1 aromatic rings. The number of morpholine rings is 1. The lowest BCUT2D eigenvalue weighted by atomic mass is 10.0. The fourth-order valence-electron chi connectivity index (χ4n) is 2.79. The number of hydrogen-bond donors (Lipinski definition) is 1. The minimum absolute atomic E-state index is 0.204. The van der Waals surface area contributed by atoms with Crippen LogP contribution in [0.1, 0.15) is 31.9 Å². The van der Waals surface area contributed by atoms with Crippen LogP contribution in [0.5, 0.6) is 5.75 Å². The van der Waals surface area contributed by atoms with Crippen LogP contribution in [0.15, 0.2) is 24.3 Å². The molecule has 20 heavy (non-hydrogen) atoms. The van der Waals surface area contributed by atoms with Crippen LogP contribution < -0.4 is 10.5 Å². The molecule has 0 bridgehead atoms. The monoisotopic (exact) mass is 278 g/mol. The van der Waals surface area contributed by atoms with Gasteiger partial charge in [-0.25, -0.2) is 0 Å². The minimum Gasteiger partial charge on any atom is -0.494 e. The normalized spacial score (nSPS) is 21.6. The van der Waals surface area contributed by atoms with Gasteiger partial charge in [-0.1, -0.05) is 25.1 Å². The Morgan fingerprint density at radius 1 is 1.40 bits per heavy atom. The van der Waals surface area contributed by atoms with Crippen molar-refractivity contribution in [2.45, 2.75) is 32.4 Å². The Morgan fingerprint density at radius 3 is 2.90 bits per heavy atom. The van der Waals surface area contributed by atoms with E-state index in [4.69, 9.17) is 15.2 Å². The van der Waals surface area contributed by atoms with E-state index in [1.807, 2.05) is 19.1 Å². The van der Waals surface area contributed by atoms with Crippen LogP contribution in [-0.2, 0) is 4.74 Å². The van der Waals surface area contributed by atoms with E-state index in [1.165, 1.54) is 5.56 Å². The van der Waals surface area contributed by atoms with E-state index < -0.39 is 0 Å². The first kappa shape index (κ1) is 15.3. The molecule has 2 atom stereocenters. The number of benzene rings is 1. The summed E-state index contributed by atoms with van der Waals surface area (Å²) in [5.41, 5.74) is 7.24. The summed E-state index contributed by atoms with van der Waals surface area (Å²) < 4.78 is 11.5. The Bertz CT molecular complexity index is 411. The van der Waals surface area contributed by atoms with Crippen LogP contribution in [0.2, 0.25) is 0 Å². The molecule has 0 radical (unpaired) electrons. The highest BCUT2D eigenvalue weighted by Gasteiger charge is 2.27. The highest BCUT2D eigenvalue weighted by atomic mass is 16.5. The average molecular weight is 278 g/mol. The molecule has 1 aliphatic rings. The van der Waals surface area contributed by atoms with Crippen molar-refractivity contribution in [2.75, 3.05) is 32.8 Å². The van der Waals surface area contributed by atoms with Gasteiger partial charge in [-0.05, 0) is 19.4 Å². The van der Waals surface area contributed by atoms with Crippen molar-refractivity contribution in [3.63, 3.8) is 0 Å². The van der Waals surface area contributed by atoms with Crippen LogP contribution in [0.4, 0.5) is 0 Å². The van der Waals surface area contributed by atoms with Gasteiger partial charge >= 0.3 is 0 Å². The van der Waals surface area contributed by atoms with Crippen molar-refractivity contribution in [1.82, 2.24) is 4.90 Å². The zero-order valence-corrected chi connectivity index (χ0v) is 12.5. The fraction of sp³-hybridized carbons (Fsp3) is 0.625. The van der Waals surface area contributed by atoms with Crippen molar-refractivity contribution in [2.24, 2.45) is 5.73 Å². The lowest BCUT2D eigenvalue weighted by Gasteiger charge is -2.38. The summed E-state index contributed by atoms with van der Waals surface area (Å²) >= 11 is 0. The summed E-state index contributed by atoms with van der Waals surface area (Å²) in [6.07, 6.45) is 1.36. The van der Waals surface area contributed by atoms with E-state index in [2.05, 4.69) is 24.0 Å². The highest BCUT2D eigenvalue weighted by molar-refractivity contribution is 5.36. The molecule has 4 heteroatoms. The second-order valence-electron chi connectivity index (χ2n) is 5.12. The minimum atomic E-state index is 0.204. The number of nitrogens with two attached hydrogens (primary N) is 1. The molecule has 1 fully saturated rings. The van der Waals surface area contributed by atoms with Crippen molar-refractivity contribution in [1.29, 1.82) is 0 Å². The third-order valence-corrected chi connectivity index (χ3v) is 3.87. The molecule has 0 aliphatic carbocycles. The van der Waals surface area contributed by atoms with Gasteiger partial charge < -0.3 is 15.2 Å². The molecule has 1 heterocycles. The van der Waals surface area contributed by atoms with Crippen molar-refractivity contribution < 1.29 is 9.47 Å². The van der Waals surface area contributed by atoms with Gasteiger partial charge in [-0.2, -0.15) is 0 Å². The lowest BCUT2D eigenvalue weighted by molar-refractivity contribution is -0.0440. The van der Waals surface area contributed by atoms with Crippen LogP contribution in [-0.4, -0.2) is 43.9 Å². The van der Waals surface area contributed by atoms with E-state index in [1.54, 1.807) is 0 Å². The van der Waals surface area contributed by atoms with Gasteiger partial charge in [0.15, 0.2) is 0 Å². The fourth-order valence-corrected chi connectivity index (χ4v) is 2.79. The van der Waals surface area contributed by atoms with Gasteiger partial charge in [0.1, 0.15) is 5.75 Å². The van der Waals surface area contributed by atoms with Crippen LogP contribution in [0.25, 0.3) is 0 Å². The van der Waals surface area contributed by atoms with E-state index >= 15 is 0 Å². The van der Waals surface area contributed by atoms with Crippen molar-refractivity contribution >= 4 is 0 Å². The number of nitrogens with zero attached hydrogens (tertiary/aromatic N) is 1. The summed E-state index contributed by atoms with van der Waals surface area (Å²) in [5, 5.41) is 0. The molecule has 2 rings (SSSR count). The molecular formula is C16H26N2O2. The SMILES string of the molecule is CCOc1ccccc1C(CN)N1CCOC(CC)C1. The molecule has 0 saturated carbocycles. The number of hydrogen-bond acceptors (Lipinski definition) is 4. The second-order valence-corrected chi connectivity index (χ2v) is 5.12. The topological polar surface area (TPSA) is 47.7 Å². The van der Waals surface area contributed by atoms with Crippen LogP contribution in [0.3, 0.4) is 0 Å². The summed E-state index contributed by atoms with van der Waals surface area (Å²) in [4.78, 5) is 2.43. The Balaban J connectivity index is 2.18. The summed E-state index contributed by atoms with van der Waals surface area (Å²) in [7, 11) is 0. The molecule has 1 aliphatic heterocycles. The maximum Gasteiger partial charge on any atom is 0.124 e. The van der Waals surface area contributed by atoms with E-state index in [0.717, 1.165) is 31.9 Å². The molecule has 2 unspecified atom stereocenters. The third kappa shape index (κ3) is 3.51. The van der Waals surface area contributed by atoms with Gasteiger partial charge in [-0.3, -0.25) is 4.90 Å². The van der Waals surface area contributed by atoms with E-state index in [-0.39, 0.29) is 6.04 Å². The zero-order chi connectivity index (χ0) is 14.4. The van der Waals surface area contributed by atoms with Gasteiger partial charge in [0.25, 0.3) is 0 Å². The predicted molar refractivity (Wildman–Crippen MR) is 81.0 cm³/mol. The van der Waals surface area contributed by atoms with Crippen molar-refractivity contribution in [3.05, 3.63) is 29.8 Å². The third-order valence-electron chi connectivity index (χ3n) is 3.87. The largest absolute Gasteiger partial charge is 0.494 e. The molecular weight excluding hydrogens is 252 g/mol. The Kier molecular flexibility index (Phi) is 5.83. The molecule has 0 amide bonds. The Labute approximate surface area is 121 Å². The predicted octanol–water partition coefficient (Wildman–Crippen LogP) is 2.20. The smallest absolute Gasteiger partial charge is 0.124 e. The number of para-hydroxylation sites is 1. The van der Waals surface area contributed by atoms with Crippen LogP contribution >= 0.6 is 0 Å². The lowest BCUT2D eigenvalue weighted by Crippen LogP contribution is -2.46. The summed E-state index contributed by atoms with van der Waals surface area (Å²) in [6, 6.07) is 8.42. The molecule has 0 aromatic heterocycles. The first-order valence-corrected chi connectivity index (χ1v) is 7.57. The molecule has 2 N–H and O–H groups in total. The van der Waals surface area contributed by atoms with Gasteiger partial charge in [-0.15, -0.1) is 0 Å². The number of ether oxygens (including phenoxy) is 2. The molecule has 0 spiro atoms. The second kappa shape index (κ2) is 7.62. The maximum absolute atomic E-state index is 6.05. The van der Waals surface area contributed by atoms with E-state index in [9.17, 15) is 0 Å². The number of rotatable bonds is 6. The van der Waals surface area contributed by atoms with E-state index in [0.29, 0.717) is 19.3 Å². The van der Waals surface area contributed by atoms with Crippen LogP contribution in [0, 0.1) is 0 Å². The first-order valence-electron chi connectivity index (χ1n) is 7.57. The zero-order valence-electron chi connectivity index (χ0n) is 12.5.